The van der Waals surface area contributed by atoms with Gasteiger partial charge in [-0.3, -0.25) is 4.79 Å². The molecule has 2 radical (unpaired) electrons. The lowest BCUT2D eigenvalue weighted by atomic mass is 9.99. The van der Waals surface area contributed by atoms with E-state index in [0.717, 1.165) is 12.8 Å². The summed E-state index contributed by atoms with van der Waals surface area (Å²) in [7, 11) is 5.18. The van der Waals surface area contributed by atoms with Crippen molar-refractivity contribution >= 4 is 13.8 Å². The van der Waals surface area contributed by atoms with Crippen LogP contribution in [0, 0.1) is 0 Å². The quantitative estimate of drug-likeness (QED) is 0.355. The molecule has 0 unspecified atom stereocenters. The van der Waals surface area contributed by atoms with Crippen molar-refractivity contribution in [2.24, 2.45) is 0 Å². The van der Waals surface area contributed by atoms with Crippen LogP contribution in [0.1, 0.15) is 52.9 Å². The minimum absolute atomic E-state index is 0.0294. The summed E-state index contributed by atoms with van der Waals surface area (Å²) in [5, 5.41) is 0. The van der Waals surface area contributed by atoms with Crippen LogP contribution < -0.4 is 0 Å². The molecule has 0 bridgehead atoms. The first-order chi connectivity index (χ1) is 6.52. The van der Waals surface area contributed by atoms with Crippen LogP contribution in [0.3, 0.4) is 0 Å². The van der Waals surface area contributed by atoms with Crippen molar-refractivity contribution in [1.29, 1.82) is 0 Å². The van der Waals surface area contributed by atoms with Crippen molar-refractivity contribution in [2.45, 2.75) is 64.8 Å². The highest BCUT2D eigenvalue weighted by molar-refractivity contribution is 6.18. The summed E-state index contributed by atoms with van der Waals surface area (Å²) in [5.74, 6) is -0.314. The Balaban J connectivity index is 3.66. The fourth-order valence-corrected chi connectivity index (χ4v) is 1.38. The van der Waals surface area contributed by atoms with Gasteiger partial charge in [0, 0.05) is 6.32 Å². The number of unbranched alkanes of at least 4 members (excludes halogenated alkanes) is 3. The van der Waals surface area contributed by atoms with Crippen molar-refractivity contribution in [3.05, 3.63) is 0 Å². The van der Waals surface area contributed by atoms with Gasteiger partial charge in [-0.1, -0.05) is 26.2 Å². The Morgan fingerprint density at radius 3 is 2.43 bits per heavy atom. The zero-order valence-electron chi connectivity index (χ0n) is 9.64. The largest absolute Gasteiger partial charge is 0.460 e. The van der Waals surface area contributed by atoms with Crippen molar-refractivity contribution in [1.82, 2.24) is 0 Å². The second-order valence-corrected chi connectivity index (χ2v) is 4.25. The van der Waals surface area contributed by atoms with E-state index in [-0.39, 0.29) is 17.9 Å². The molecular formula is C11H21BO2. The zero-order chi connectivity index (χ0) is 11.0. The Labute approximate surface area is 88.8 Å². The second kappa shape index (κ2) is 6.91. The van der Waals surface area contributed by atoms with E-state index in [4.69, 9.17) is 12.6 Å². The normalized spacial score (nSPS) is 11.4. The van der Waals surface area contributed by atoms with Gasteiger partial charge in [0.25, 0.3) is 5.97 Å². The van der Waals surface area contributed by atoms with Gasteiger partial charge in [-0.15, -0.1) is 0 Å². The third kappa shape index (κ3) is 6.99. The van der Waals surface area contributed by atoms with E-state index in [1.54, 1.807) is 0 Å². The molecule has 80 valence electrons. The van der Waals surface area contributed by atoms with Crippen LogP contribution in [0.2, 0.25) is 6.32 Å². The number of ether oxygens (including phenoxy) is 1. The molecule has 0 saturated heterocycles. The summed E-state index contributed by atoms with van der Waals surface area (Å²) < 4.78 is 5.20. The highest BCUT2D eigenvalue weighted by Gasteiger charge is 2.20. The molecule has 0 N–H and O–H groups in total. The molecule has 0 aromatic heterocycles. The van der Waals surface area contributed by atoms with Gasteiger partial charge in [0.05, 0.1) is 7.85 Å². The fourth-order valence-electron chi connectivity index (χ4n) is 1.38. The molecule has 0 rings (SSSR count). The summed E-state index contributed by atoms with van der Waals surface area (Å²) >= 11 is 0. The van der Waals surface area contributed by atoms with Crippen LogP contribution in [-0.4, -0.2) is 19.4 Å². The Morgan fingerprint density at radius 1 is 1.29 bits per heavy atom. The van der Waals surface area contributed by atoms with E-state index in [2.05, 4.69) is 6.92 Å². The molecule has 0 fully saturated rings. The first-order valence-corrected chi connectivity index (χ1v) is 5.43. The van der Waals surface area contributed by atoms with Gasteiger partial charge in [-0.2, -0.15) is 0 Å². The van der Waals surface area contributed by atoms with Gasteiger partial charge in [0.2, 0.25) is 0 Å². The first-order valence-electron chi connectivity index (χ1n) is 5.43. The summed E-state index contributed by atoms with van der Waals surface area (Å²) in [6.45, 7) is 6.05. The van der Waals surface area contributed by atoms with E-state index in [9.17, 15) is 4.79 Å². The van der Waals surface area contributed by atoms with Gasteiger partial charge < -0.3 is 4.74 Å². The zero-order valence-corrected chi connectivity index (χ0v) is 9.64. The predicted octanol–water partition coefficient (Wildman–Crippen LogP) is 2.87. The van der Waals surface area contributed by atoms with Gasteiger partial charge in [0.15, 0.2) is 0 Å². The molecule has 0 aliphatic heterocycles. The van der Waals surface area contributed by atoms with E-state index in [1.165, 1.54) is 19.3 Å². The van der Waals surface area contributed by atoms with Gasteiger partial charge >= 0.3 is 0 Å². The van der Waals surface area contributed by atoms with Crippen molar-refractivity contribution < 1.29 is 9.53 Å². The van der Waals surface area contributed by atoms with E-state index in [0.29, 0.717) is 0 Å². The third-order valence-electron chi connectivity index (χ3n) is 2.19. The molecule has 0 amide bonds. The van der Waals surface area contributed by atoms with E-state index < -0.39 is 0 Å². The molecular weight excluding hydrogens is 175 g/mol. The monoisotopic (exact) mass is 196 g/mol. The standard InChI is InChI=1S/C11H21BO2/c1-4-5-6-7-8-11(2,3)14-10(13)9-12/h4-9H2,1-3H3. The average molecular weight is 196 g/mol. The number of hydrogen-bond donors (Lipinski definition) is 0. The number of rotatable bonds is 7. The number of carbonyl (C=O) groups is 1. The maximum atomic E-state index is 11.0. The molecule has 0 aliphatic carbocycles. The lowest BCUT2D eigenvalue weighted by molar-refractivity contribution is -0.154. The Bertz CT molecular complexity index is 167. The lowest BCUT2D eigenvalue weighted by Gasteiger charge is -2.24. The Morgan fingerprint density at radius 2 is 1.93 bits per heavy atom. The van der Waals surface area contributed by atoms with Crippen LogP contribution in [0.5, 0.6) is 0 Å². The number of esters is 1. The molecule has 0 spiro atoms. The molecule has 0 atom stereocenters. The van der Waals surface area contributed by atoms with Gasteiger partial charge in [0.1, 0.15) is 5.60 Å². The van der Waals surface area contributed by atoms with Crippen LogP contribution in [0.15, 0.2) is 0 Å². The first kappa shape index (κ1) is 13.5. The van der Waals surface area contributed by atoms with Crippen molar-refractivity contribution in [3.63, 3.8) is 0 Å². The molecule has 0 aromatic carbocycles. The second-order valence-electron chi connectivity index (χ2n) is 4.25. The van der Waals surface area contributed by atoms with Gasteiger partial charge in [-0.25, -0.2) is 0 Å². The van der Waals surface area contributed by atoms with Gasteiger partial charge in [-0.05, 0) is 26.7 Å². The molecule has 0 aromatic rings. The highest BCUT2D eigenvalue weighted by Crippen LogP contribution is 2.19. The molecule has 2 nitrogen and oxygen atoms in total. The van der Waals surface area contributed by atoms with Crippen LogP contribution in [-0.2, 0) is 9.53 Å². The van der Waals surface area contributed by atoms with Crippen LogP contribution >= 0.6 is 0 Å². The van der Waals surface area contributed by atoms with E-state index in [1.807, 2.05) is 13.8 Å². The average Bonchev–Trinajstić information content (AvgIpc) is 2.12. The lowest BCUT2D eigenvalue weighted by Crippen LogP contribution is -2.27. The molecule has 0 heterocycles. The smallest absolute Gasteiger partial charge is 0.297 e. The minimum Gasteiger partial charge on any atom is -0.460 e. The minimum atomic E-state index is -0.357. The fraction of sp³-hybridized carbons (Fsp3) is 0.909. The predicted molar refractivity (Wildman–Crippen MR) is 59.5 cm³/mol. The topological polar surface area (TPSA) is 26.3 Å². The number of hydrogen-bond acceptors (Lipinski definition) is 2. The summed E-state index contributed by atoms with van der Waals surface area (Å²) in [6.07, 6.45) is 5.68. The summed E-state index contributed by atoms with van der Waals surface area (Å²) in [6, 6.07) is 0. The third-order valence-corrected chi connectivity index (χ3v) is 2.19. The maximum Gasteiger partial charge on any atom is 0.297 e. The molecule has 0 aliphatic rings. The van der Waals surface area contributed by atoms with Crippen molar-refractivity contribution in [3.8, 4) is 0 Å². The molecule has 0 saturated carbocycles. The Kier molecular flexibility index (Phi) is 6.68. The molecule has 14 heavy (non-hydrogen) atoms. The van der Waals surface area contributed by atoms with Crippen molar-refractivity contribution in [2.75, 3.05) is 0 Å². The van der Waals surface area contributed by atoms with Crippen LogP contribution in [0.4, 0.5) is 0 Å². The highest BCUT2D eigenvalue weighted by atomic mass is 16.6. The molecule has 3 heteroatoms. The summed E-state index contributed by atoms with van der Waals surface area (Å²) in [4.78, 5) is 11.0. The van der Waals surface area contributed by atoms with Crippen LogP contribution in [0.25, 0.3) is 0 Å². The SMILES string of the molecule is [B]CC(=O)OC(C)(C)CCCCCC. The Hall–Kier alpha value is -0.465. The maximum absolute atomic E-state index is 11.0. The van der Waals surface area contributed by atoms with E-state index >= 15 is 0 Å². The number of carbonyl (C=O) groups excluding carboxylic acids is 1. The summed E-state index contributed by atoms with van der Waals surface area (Å²) in [5.41, 5.74) is -0.357.